The zero-order chi connectivity index (χ0) is 20.0. The van der Waals surface area contributed by atoms with Gasteiger partial charge in [0.05, 0.1) is 7.11 Å². The SMILES string of the molecule is C#Cc1cccc(NC(=O)c2ccc(OC)c(S(=O)(=O)N(CC)CC)c2)c1. The highest BCUT2D eigenvalue weighted by Gasteiger charge is 2.26. The minimum Gasteiger partial charge on any atom is -0.495 e. The molecule has 0 atom stereocenters. The highest BCUT2D eigenvalue weighted by atomic mass is 32.2. The summed E-state index contributed by atoms with van der Waals surface area (Å²) in [6, 6.07) is 11.2. The van der Waals surface area contributed by atoms with E-state index in [9.17, 15) is 13.2 Å². The predicted octanol–water partition coefficient (Wildman–Crippen LogP) is 2.96. The maximum absolute atomic E-state index is 12.9. The van der Waals surface area contributed by atoms with Gasteiger partial charge in [0.2, 0.25) is 10.0 Å². The lowest BCUT2D eigenvalue weighted by Gasteiger charge is -2.20. The van der Waals surface area contributed by atoms with Crippen molar-refractivity contribution >= 4 is 21.6 Å². The summed E-state index contributed by atoms with van der Waals surface area (Å²) >= 11 is 0. The zero-order valence-electron chi connectivity index (χ0n) is 15.5. The molecule has 0 aliphatic heterocycles. The van der Waals surface area contributed by atoms with Crippen molar-refractivity contribution in [3.05, 3.63) is 53.6 Å². The molecule has 0 fully saturated rings. The average molecular weight is 386 g/mol. The van der Waals surface area contributed by atoms with Crippen molar-refractivity contribution in [2.75, 3.05) is 25.5 Å². The van der Waals surface area contributed by atoms with Gasteiger partial charge in [0.15, 0.2) is 0 Å². The second-order valence-corrected chi connectivity index (χ2v) is 7.54. The van der Waals surface area contributed by atoms with Gasteiger partial charge in [-0.25, -0.2) is 8.42 Å². The molecule has 0 saturated heterocycles. The van der Waals surface area contributed by atoms with Gasteiger partial charge in [-0.2, -0.15) is 4.31 Å². The number of hydrogen-bond donors (Lipinski definition) is 1. The fourth-order valence-corrected chi connectivity index (χ4v) is 4.25. The molecule has 1 amide bonds. The number of amides is 1. The minimum absolute atomic E-state index is 0.0428. The molecule has 0 bridgehead atoms. The molecular formula is C20H22N2O4S. The molecule has 2 rings (SSSR count). The number of ether oxygens (including phenoxy) is 1. The van der Waals surface area contributed by atoms with Crippen LogP contribution in [-0.4, -0.2) is 38.8 Å². The Morgan fingerprint density at radius 2 is 1.89 bits per heavy atom. The van der Waals surface area contributed by atoms with Crippen molar-refractivity contribution < 1.29 is 17.9 Å². The maximum Gasteiger partial charge on any atom is 0.255 e. The number of carbonyl (C=O) groups excluding carboxylic acids is 1. The first-order chi connectivity index (χ1) is 12.9. The quantitative estimate of drug-likeness (QED) is 0.743. The van der Waals surface area contributed by atoms with Gasteiger partial charge in [0.1, 0.15) is 10.6 Å². The number of methoxy groups -OCH3 is 1. The molecular weight excluding hydrogens is 364 g/mol. The largest absolute Gasteiger partial charge is 0.495 e. The van der Waals surface area contributed by atoms with Gasteiger partial charge >= 0.3 is 0 Å². The standard InChI is InChI=1S/C20H22N2O4S/c1-5-15-9-8-10-17(13-15)21-20(23)16-11-12-18(26-4)19(14-16)27(24,25)22(6-2)7-3/h1,8-14H,6-7H2,2-4H3,(H,21,23). The molecule has 0 spiro atoms. The lowest BCUT2D eigenvalue weighted by Crippen LogP contribution is -2.31. The highest BCUT2D eigenvalue weighted by molar-refractivity contribution is 7.89. The van der Waals surface area contributed by atoms with Crippen molar-refractivity contribution in [1.29, 1.82) is 0 Å². The summed E-state index contributed by atoms with van der Waals surface area (Å²) in [5.74, 6) is 2.24. The lowest BCUT2D eigenvalue weighted by molar-refractivity contribution is 0.102. The predicted molar refractivity (Wildman–Crippen MR) is 105 cm³/mol. The van der Waals surface area contributed by atoms with Gasteiger partial charge in [-0.3, -0.25) is 4.79 Å². The molecule has 0 aliphatic carbocycles. The van der Waals surface area contributed by atoms with E-state index in [0.717, 1.165) is 0 Å². The first kappa shape index (κ1) is 20.5. The lowest BCUT2D eigenvalue weighted by atomic mass is 10.1. The number of carbonyl (C=O) groups is 1. The second kappa shape index (κ2) is 8.71. The Morgan fingerprint density at radius 3 is 2.48 bits per heavy atom. The molecule has 7 heteroatoms. The first-order valence-corrected chi connectivity index (χ1v) is 9.87. The van der Waals surface area contributed by atoms with E-state index in [-0.39, 0.29) is 16.2 Å². The summed E-state index contributed by atoms with van der Waals surface area (Å²) in [7, 11) is -2.39. The smallest absolute Gasteiger partial charge is 0.255 e. The Kier molecular flexibility index (Phi) is 6.61. The van der Waals surface area contributed by atoms with E-state index in [1.807, 2.05) is 0 Å². The van der Waals surface area contributed by atoms with Crippen LogP contribution in [-0.2, 0) is 10.0 Å². The first-order valence-electron chi connectivity index (χ1n) is 8.43. The van der Waals surface area contributed by atoms with Crippen LogP contribution in [0.25, 0.3) is 0 Å². The zero-order valence-corrected chi connectivity index (χ0v) is 16.3. The van der Waals surface area contributed by atoms with E-state index in [2.05, 4.69) is 11.2 Å². The maximum atomic E-state index is 12.9. The molecule has 27 heavy (non-hydrogen) atoms. The molecule has 0 unspecified atom stereocenters. The number of nitrogens with zero attached hydrogens (tertiary/aromatic N) is 1. The normalized spacial score (nSPS) is 11.1. The summed E-state index contributed by atoms with van der Waals surface area (Å²) in [5, 5.41) is 2.72. The van der Waals surface area contributed by atoms with Crippen LogP contribution < -0.4 is 10.1 Å². The Bertz CT molecular complexity index is 974. The van der Waals surface area contributed by atoms with Gasteiger partial charge in [0, 0.05) is 29.9 Å². The number of benzene rings is 2. The Balaban J connectivity index is 2.41. The summed E-state index contributed by atoms with van der Waals surface area (Å²) in [5.41, 5.74) is 1.36. The molecule has 0 radical (unpaired) electrons. The number of rotatable bonds is 7. The number of nitrogens with one attached hydrogen (secondary N) is 1. The minimum atomic E-state index is -3.78. The Hall–Kier alpha value is -2.82. The van der Waals surface area contributed by atoms with E-state index in [1.165, 1.54) is 29.6 Å². The molecule has 1 N–H and O–H groups in total. The monoisotopic (exact) mass is 386 g/mol. The molecule has 2 aromatic rings. The van der Waals surface area contributed by atoms with E-state index in [0.29, 0.717) is 24.3 Å². The van der Waals surface area contributed by atoms with Gasteiger partial charge < -0.3 is 10.1 Å². The van der Waals surface area contributed by atoms with Crippen LogP contribution in [0.3, 0.4) is 0 Å². The third-order valence-corrected chi connectivity index (χ3v) is 6.11. The van der Waals surface area contributed by atoms with Crippen LogP contribution in [0.2, 0.25) is 0 Å². The van der Waals surface area contributed by atoms with Crippen LogP contribution >= 0.6 is 0 Å². The third kappa shape index (κ3) is 4.48. The van der Waals surface area contributed by atoms with E-state index >= 15 is 0 Å². The number of anilines is 1. The molecule has 2 aromatic carbocycles. The molecule has 6 nitrogen and oxygen atoms in total. The van der Waals surface area contributed by atoms with Crippen molar-refractivity contribution in [3.63, 3.8) is 0 Å². The van der Waals surface area contributed by atoms with Crippen molar-refractivity contribution in [1.82, 2.24) is 4.31 Å². The van der Waals surface area contributed by atoms with Crippen LogP contribution in [0.1, 0.15) is 29.8 Å². The molecule has 0 saturated carbocycles. The topological polar surface area (TPSA) is 75.7 Å². The van der Waals surface area contributed by atoms with Gasteiger partial charge in [-0.05, 0) is 36.4 Å². The molecule has 0 aromatic heterocycles. The highest BCUT2D eigenvalue weighted by Crippen LogP contribution is 2.28. The summed E-state index contributed by atoms with van der Waals surface area (Å²) < 4.78 is 32.3. The molecule has 142 valence electrons. The van der Waals surface area contributed by atoms with E-state index < -0.39 is 15.9 Å². The average Bonchev–Trinajstić information content (AvgIpc) is 2.68. The van der Waals surface area contributed by atoms with Crippen molar-refractivity contribution in [2.45, 2.75) is 18.7 Å². The summed E-state index contributed by atoms with van der Waals surface area (Å²) in [6.45, 7) is 4.14. The Morgan fingerprint density at radius 1 is 1.19 bits per heavy atom. The van der Waals surface area contributed by atoms with Crippen LogP contribution in [0.5, 0.6) is 5.75 Å². The van der Waals surface area contributed by atoms with Gasteiger partial charge in [0.25, 0.3) is 5.91 Å². The Labute approximate surface area is 160 Å². The van der Waals surface area contributed by atoms with Crippen molar-refractivity contribution in [3.8, 4) is 18.1 Å². The number of sulfonamides is 1. The van der Waals surface area contributed by atoms with Gasteiger partial charge in [-0.1, -0.05) is 25.8 Å². The summed E-state index contributed by atoms with van der Waals surface area (Å²) in [6.07, 6.45) is 5.37. The van der Waals surface area contributed by atoms with Crippen LogP contribution in [0.4, 0.5) is 5.69 Å². The van der Waals surface area contributed by atoms with E-state index in [4.69, 9.17) is 11.2 Å². The fraction of sp³-hybridized carbons (Fsp3) is 0.250. The molecule has 0 aliphatic rings. The van der Waals surface area contributed by atoms with Gasteiger partial charge in [-0.15, -0.1) is 6.42 Å². The van der Waals surface area contributed by atoms with E-state index in [1.54, 1.807) is 38.1 Å². The molecule has 0 heterocycles. The summed E-state index contributed by atoms with van der Waals surface area (Å²) in [4.78, 5) is 12.5. The van der Waals surface area contributed by atoms with Crippen LogP contribution in [0, 0.1) is 12.3 Å². The third-order valence-electron chi connectivity index (χ3n) is 4.04. The fourth-order valence-electron chi connectivity index (χ4n) is 2.61. The number of hydrogen-bond acceptors (Lipinski definition) is 4. The van der Waals surface area contributed by atoms with Crippen molar-refractivity contribution in [2.24, 2.45) is 0 Å². The van der Waals surface area contributed by atoms with Crippen LogP contribution in [0.15, 0.2) is 47.4 Å². The number of terminal acetylenes is 1. The second-order valence-electron chi connectivity index (χ2n) is 5.63.